The summed E-state index contributed by atoms with van der Waals surface area (Å²) in [6, 6.07) is 0. The summed E-state index contributed by atoms with van der Waals surface area (Å²) < 4.78 is 26.2. The van der Waals surface area contributed by atoms with E-state index in [4.69, 9.17) is 19.3 Å². The van der Waals surface area contributed by atoms with Crippen LogP contribution in [0.3, 0.4) is 0 Å². The van der Waals surface area contributed by atoms with Crippen LogP contribution in [0.1, 0.15) is 162 Å². The Bertz CT molecular complexity index is 954. The number of aliphatic hydroxyl groups excluding tert-OH is 1. The number of esters is 2. The number of rotatable bonds is 34. The third-order valence-corrected chi connectivity index (χ3v) is 8.41. The second kappa shape index (κ2) is 34.4. The van der Waals surface area contributed by atoms with E-state index in [9.17, 15) is 19.3 Å². The molecular weight excluding hydrogens is 643 g/mol. The summed E-state index contributed by atoms with van der Waals surface area (Å²) in [6.07, 6.45) is 37.4. The number of phosphoric ester groups is 1. The van der Waals surface area contributed by atoms with Crippen LogP contribution in [0.2, 0.25) is 0 Å². The minimum Gasteiger partial charge on any atom is -0.462 e. The van der Waals surface area contributed by atoms with Gasteiger partial charge >= 0.3 is 19.8 Å². The van der Waals surface area contributed by atoms with Crippen LogP contribution in [0.5, 0.6) is 0 Å². The van der Waals surface area contributed by atoms with Crippen LogP contribution in [0.15, 0.2) is 48.6 Å². The van der Waals surface area contributed by atoms with Gasteiger partial charge in [-0.15, -0.1) is 0 Å². The minimum absolute atomic E-state index is 0.119. The molecule has 0 rings (SSSR count). The molecule has 0 radical (unpaired) electrons. The summed E-state index contributed by atoms with van der Waals surface area (Å²) in [5.41, 5.74) is 0. The maximum absolute atomic E-state index is 12.3. The van der Waals surface area contributed by atoms with E-state index < -0.39 is 32.5 Å². The summed E-state index contributed by atoms with van der Waals surface area (Å²) in [7, 11) is -4.77. The first-order chi connectivity index (χ1) is 23.7. The van der Waals surface area contributed by atoms with Crippen LogP contribution in [-0.2, 0) is 28.2 Å². The lowest BCUT2D eigenvalue weighted by atomic mass is 10.0. The number of hydrogen-bond donors (Lipinski definition) is 3. The lowest BCUT2D eigenvalue weighted by Crippen LogP contribution is -2.29. The quantitative estimate of drug-likeness (QED) is 0.0257. The number of carbonyl (C=O) groups excluding carboxylic acids is 2. The predicted octanol–water partition coefficient (Wildman–Crippen LogP) is 10.1. The summed E-state index contributed by atoms with van der Waals surface area (Å²) in [4.78, 5) is 42.7. The molecule has 0 aliphatic rings. The molecule has 0 saturated heterocycles. The molecular formula is C39H69O9P. The van der Waals surface area contributed by atoms with Crippen molar-refractivity contribution in [1.29, 1.82) is 0 Å². The Labute approximate surface area is 297 Å². The first-order valence-corrected chi connectivity index (χ1v) is 20.6. The number of aliphatic hydroxyl groups is 1. The highest BCUT2D eigenvalue weighted by Crippen LogP contribution is 2.36. The second-order valence-electron chi connectivity index (χ2n) is 12.7. The highest BCUT2D eigenvalue weighted by molar-refractivity contribution is 7.46. The Balaban J connectivity index is 4.11. The van der Waals surface area contributed by atoms with E-state index in [-0.39, 0.29) is 25.6 Å². The molecule has 0 aromatic carbocycles. The second-order valence-corrected chi connectivity index (χ2v) is 14.0. The molecule has 0 aromatic rings. The van der Waals surface area contributed by atoms with Crippen molar-refractivity contribution in [3.8, 4) is 0 Å². The van der Waals surface area contributed by atoms with Crippen LogP contribution in [-0.4, -0.2) is 52.3 Å². The lowest BCUT2D eigenvalue weighted by molar-refractivity contribution is -0.161. The molecule has 0 saturated carbocycles. The number of hydrogen-bond acceptors (Lipinski definition) is 7. The normalized spacial score (nSPS) is 13.7. The van der Waals surface area contributed by atoms with Gasteiger partial charge in [-0.05, 0) is 44.9 Å². The van der Waals surface area contributed by atoms with Crippen molar-refractivity contribution in [3.05, 3.63) is 48.6 Å². The van der Waals surface area contributed by atoms with Crippen molar-refractivity contribution in [3.63, 3.8) is 0 Å². The van der Waals surface area contributed by atoms with Gasteiger partial charge in [0.15, 0.2) is 6.10 Å². The van der Waals surface area contributed by atoms with Crippen molar-refractivity contribution in [2.24, 2.45) is 0 Å². The molecule has 49 heavy (non-hydrogen) atoms. The van der Waals surface area contributed by atoms with Crippen LogP contribution in [0, 0.1) is 0 Å². The van der Waals surface area contributed by atoms with Gasteiger partial charge in [0.1, 0.15) is 6.61 Å². The van der Waals surface area contributed by atoms with Gasteiger partial charge in [0.25, 0.3) is 0 Å². The van der Waals surface area contributed by atoms with E-state index in [1.54, 1.807) is 0 Å². The Morgan fingerprint density at radius 2 is 1.10 bits per heavy atom. The van der Waals surface area contributed by atoms with Crippen LogP contribution < -0.4 is 0 Å². The van der Waals surface area contributed by atoms with Gasteiger partial charge in [-0.2, -0.15) is 0 Å². The number of phosphoric acid groups is 1. The van der Waals surface area contributed by atoms with E-state index in [0.717, 1.165) is 51.4 Å². The first-order valence-electron chi connectivity index (χ1n) is 19.0. The molecule has 2 atom stereocenters. The van der Waals surface area contributed by atoms with E-state index in [0.29, 0.717) is 19.3 Å². The maximum atomic E-state index is 12.3. The average molecular weight is 713 g/mol. The van der Waals surface area contributed by atoms with Gasteiger partial charge in [0.05, 0.1) is 12.7 Å². The Hall–Kier alpha value is -2.03. The summed E-state index contributed by atoms with van der Waals surface area (Å²) >= 11 is 0. The summed E-state index contributed by atoms with van der Waals surface area (Å²) in [5, 5.41) is 9.78. The zero-order valence-corrected chi connectivity index (χ0v) is 31.6. The van der Waals surface area contributed by atoms with Crippen molar-refractivity contribution in [2.75, 3.05) is 13.2 Å². The van der Waals surface area contributed by atoms with E-state index in [1.807, 2.05) is 24.3 Å². The molecule has 3 N–H and O–H groups in total. The van der Waals surface area contributed by atoms with E-state index in [2.05, 4.69) is 42.7 Å². The molecule has 0 unspecified atom stereocenters. The van der Waals surface area contributed by atoms with Crippen molar-refractivity contribution in [1.82, 2.24) is 0 Å². The van der Waals surface area contributed by atoms with Gasteiger partial charge in [-0.3, -0.25) is 14.1 Å². The molecule has 0 bridgehead atoms. The minimum atomic E-state index is -4.77. The van der Waals surface area contributed by atoms with Crippen LogP contribution >= 0.6 is 7.82 Å². The number of ether oxygens (including phenoxy) is 2. The monoisotopic (exact) mass is 712 g/mol. The lowest BCUT2D eigenvalue weighted by Gasteiger charge is -2.18. The highest BCUT2D eigenvalue weighted by Gasteiger charge is 2.22. The molecule has 284 valence electrons. The van der Waals surface area contributed by atoms with Crippen LogP contribution in [0.25, 0.3) is 0 Å². The third-order valence-electron chi connectivity index (χ3n) is 7.92. The molecule has 9 nitrogen and oxygen atoms in total. The molecule has 0 fully saturated rings. The molecule has 0 heterocycles. The Morgan fingerprint density at radius 3 is 1.65 bits per heavy atom. The number of unbranched alkanes of at least 4 members (excludes halogenated alkanes) is 14. The SMILES string of the molecule is CCCCCCCCCCCCCCCC(=O)OC[C@H](COP(=O)(O)O)OC(=O)CCC/C=C\C/C=C\C/C=C\C/C=C\[C@H](O)CCCC. The van der Waals surface area contributed by atoms with Gasteiger partial charge < -0.3 is 24.4 Å². The van der Waals surface area contributed by atoms with Gasteiger partial charge in [-0.25, -0.2) is 4.57 Å². The zero-order valence-electron chi connectivity index (χ0n) is 30.7. The van der Waals surface area contributed by atoms with Gasteiger partial charge in [-0.1, -0.05) is 152 Å². The van der Waals surface area contributed by atoms with Crippen molar-refractivity contribution in [2.45, 2.75) is 174 Å². The standard InChI is InChI=1S/C39H69O9P/c1-3-5-7-8-9-10-11-12-16-19-22-25-28-32-38(41)46-34-37(35-47-49(43,44)45)48-39(42)33-29-26-23-20-17-14-13-15-18-21-24-27-31-36(40)30-6-4-2/h13-14,18,20-21,23,27,31,36-37,40H,3-12,15-17,19,22,24-26,28-30,32-35H2,1-2H3,(H2,43,44,45)/b14-13-,21-18-,23-20-,31-27-/t36-,37-/m1/s1. The maximum Gasteiger partial charge on any atom is 0.469 e. The van der Waals surface area contributed by atoms with Gasteiger partial charge in [0, 0.05) is 12.8 Å². The van der Waals surface area contributed by atoms with Gasteiger partial charge in [0.2, 0.25) is 0 Å². The fourth-order valence-corrected chi connectivity index (χ4v) is 5.39. The molecule has 10 heteroatoms. The molecule has 0 spiro atoms. The largest absolute Gasteiger partial charge is 0.469 e. The number of allylic oxidation sites excluding steroid dienone is 7. The third kappa shape index (κ3) is 37.1. The average Bonchev–Trinajstić information content (AvgIpc) is 3.06. The summed E-state index contributed by atoms with van der Waals surface area (Å²) in [6.45, 7) is 3.47. The molecule has 0 aliphatic heterocycles. The van der Waals surface area contributed by atoms with Crippen LogP contribution in [0.4, 0.5) is 0 Å². The van der Waals surface area contributed by atoms with Crippen molar-refractivity contribution < 1.29 is 43.0 Å². The topological polar surface area (TPSA) is 140 Å². The molecule has 0 aromatic heterocycles. The van der Waals surface area contributed by atoms with E-state index in [1.165, 1.54) is 64.2 Å². The van der Waals surface area contributed by atoms with Crippen molar-refractivity contribution >= 4 is 19.8 Å². The number of carbonyl (C=O) groups is 2. The first kappa shape index (κ1) is 47.0. The van der Waals surface area contributed by atoms with E-state index >= 15 is 0 Å². The molecule has 0 amide bonds. The Kier molecular flexibility index (Phi) is 33.0. The zero-order chi connectivity index (χ0) is 36.3. The Morgan fingerprint density at radius 1 is 0.612 bits per heavy atom. The fourth-order valence-electron chi connectivity index (χ4n) is 5.03. The summed E-state index contributed by atoms with van der Waals surface area (Å²) in [5.74, 6) is -0.973. The molecule has 0 aliphatic carbocycles. The predicted molar refractivity (Wildman–Crippen MR) is 199 cm³/mol. The fraction of sp³-hybridized carbons (Fsp3) is 0.744. The smallest absolute Gasteiger partial charge is 0.462 e. The highest BCUT2D eigenvalue weighted by atomic mass is 31.2.